The molecule has 14 heavy (non-hydrogen) atoms. The number of hydrogen-bond donors (Lipinski definition) is 1. The Labute approximate surface area is 83.6 Å². The molecule has 74 valence electrons. The number of aryl methyl sites for hydroxylation is 1. The fraction of sp³-hybridized carbons (Fsp3) is 0.417. The molecule has 1 aliphatic rings. The topological polar surface area (TPSA) is 37.3 Å². The van der Waals surface area contributed by atoms with E-state index < -0.39 is 11.4 Å². The van der Waals surface area contributed by atoms with Crippen LogP contribution in [0.25, 0.3) is 0 Å². The molecule has 0 fully saturated rings. The number of rotatable bonds is 1. The molecule has 1 unspecified atom stereocenters. The van der Waals surface area contributed by atoms with Gasteiger partial charge in [-0.05, 0) is 37.3 Å². The van der Waals surface area contributed by atoms with Crippen LogP contribution < -0.4 is 0 Å². The lowest BCUT2D eigenvalue weighted by Gasteiger charge is -2.31. The third kappa shape index (κ3) is 1.22. The maximum atomic E-state index is 11.2. The SMILES string of the molecule is CC1(C(=O)O)CCCc2ccccc21. The first kappa shape index (κ1) is 9.25. The van der Waals surface area contributed by atoms with E-state index in [1.807, 2.05) is 31.2 Å². The van der Waals surface area contributed by atoms with Gasteiger partial charge in [0.05, 0.1) is 5.41 Å². The van der Waals surface area contributed by atoms with Gasteiger partial charge >= 0.3 is 5.97 Å². The minimum atomic E-state index is -0.704. The molecule has 1 aliphatic carbocycles. The summed E-state index contributed by atoms with van der Waals surface area (Å²) >= 11 is 0. The molecular weight excluding hydrogens is 176 g/mol. The largest absolute Gasteiger partial charge is 0.481 e. The van der Waals surface area contributed by atoms with E-state index in [2.05, 4.69) is 0 Å². The molecule has 1 aromatic rings. The third-order valence-electron chi connectivity index (χ3n) is 3.21. The standard InChI is InChI=1S/C12H14O2/c1-12(11(13)14)8-4-6-9-5-2-3-7-10(9)12/h2-3,5,7H,4,6,8H2,1H3,(H,13,14). The van der Waals surface area contributed by atoms with Crippen molar-refractivity contribution in [1.29, 1.82) is 0 Å². The maximum Gasteiger partial charge on any atom is 0.313 e. The molecule has 0 spiro atoms. The van der Waals surface area contributed by atoms with Crippen molar-refractivity contribution in [3.8, 4) is 0 Å². The van der Waals surface area contributed by atoms with E-state index >= 15 is 0 Å². The monoisotopic (exact) mass is 190 g/mol. The average molecular weight is 190 g/mol. The molecule has 0 aromatic heterocycles. The molecule has 2 nitrogen and oxygen atoms in total. The normalized spacial score (nSPS) is 25.5. The Morgan fingerprint density at radius 3 is 2.86 bits per heavy atom. The van der Waals surface area contributed by atoms with Crippen molar-refractivity contribution < 1.29 is 9.90 Å². The van der Waals surface area contributed by atoms with E-state index in [-0.39, 0.29) is 0 Å². The first-order valence-corrected chi connectivity index (χ1v) is 4.96. The Balaban J connectivity index is 2.55. The molecule has 0 radical (unpaired) electrons. The molecule has 1 N–H and O–H groups in total. The summed E-state index contributed by atoms with van der Waals surface area (Å²) in [5.41, 5.74) is 1.52. The van der Waals surface area contributed by atoms with Gasteiger partial charge in [0.25, 0.3) is 0 Å². The Hall–Kier alpha value is -1.31. The molecule has 0 aliphatic heterocycles. The van der Waals surface area contributed by atoms with Gasteiger partial charge in [-0.3, -0.25) is 4.79 Å². The first-order chi connectivity index (χ1) is 6.64. The predicted octanol–water partition coefficient (Wildman–Crippen LogP) is 2.37. The minimum absolute atomic E-state index is 0.672. The molecule has 0 heterocycles. The van der Waals surface area contributed by atoms with Gasteiger partial charge in [-0.15, -0.1) is 0 Å². The molecule has 0 saturated heterocycles. The van der Waals surface area contributed by atoms with Gasteiger partial charge in [0.15, 0.2) is 0 Å². The average Bonchev–Trinajstić information content (AvgIpc) is 2.18. The number of aliphatic carboxylic acids is 1. The highest BCUT2D eigenvalue weighted by atomic mass is 16.4. The quantitative estimate of drug-likeness (QED) is 0.738. The molecule has 1 atom stereocenters. The fourth-order valence-corrected chi connectivity index (χ4v) is 2.27. The highest BCUT2D eigenvalue weighted by Crippen LogP contribution is 2.37. The summed E-state index contributed by atoms with van der Waals surface area (Å²) in [5.74, 6) is -0.704. The summed E-state index contributed by atoms with van der Waals surface area (Å²) in [7, 11) is 0. The van der Waals surface area contributed by atoms with Gasteiger partial charge in [-0.1, -0.05) is 24.3 Å². The van der Waals surface area contributed by atoms with Crippen molar-refractivity contribution >= 4 is 5.97 Å². The molecule has 0 amide bonds. The number of carboxylic acid groups (broad SMARTS) is 1. The van der Waals surface area contributed by atoms with Crippen molar-refractivity contribution in [3.05, 3.63) is 35.4 Å². The maximum absolute atomic E-state index is 11.2. The zero-order valence-electron chi connectivity index (χ0n) is 8.29. The van der Waals surface area contributed by atoms with Crippen LogP contribution in [0.2, 0.25) is 0 Å². The Kier molecular flexibility index (Phi) is 2.06. The van der Waals surface area contributed by atoms with E-state index in [9.17, 15) is 9.90 Å². The van der Waals surface area contributed by atoms with Crippen molar-refractivity contribution in [2.24, 2.45) is 0 Å². The van der Waals surface area contributed by atoms with Crippen LogP contribution in [0.3, 0.4) is 0 Å². The van der Waals surface area contributed by atoms with Crippen LogP contribution in [-0.4, -0.2) is 11.1 Å². The number of carboxylic acids is 1. The summed E-state index contributed by atoms with van der Waals surface area (Å²) in [6, 6.07) is 7.88. The van der Waals surface area contributed by atoms with Gasteiger partial charge in [0.2, 0.25) is 0 Å². The molecule has 2 heteroatoms. The second kappa shape index (κ2) is 3.12. The summed E-state index contributed by atoms with van der Waals surface area (Å²) in [6.07, 6.45) is 2.73. The van der Waals surface area contributed by atoms with Crippen molar-refractivity contribution in [2.75, 3.05) is 0 Å². The van der Waals surface area contributed by atoms with Crippen LogP contribution in [0.4, 0.5) is 0 Å². The lowest BCUT2D eigenvalue weighted by atomic mass is 9.71. The van der Waals surface area contributed by atoms with Crippen LogP contribution in [0, 0.1) is 0 Å². The molecule has 0 bridgehead atoms. The summed E-state index contributed by atoms with van der Waals surface area (Å²) in [4.78, 5) is 11.2. The predicted molar refractivity (Wildman–Crippen MR) is 54.4 cm³/mol. The van der Waals surface area contributed by atoms with E-state index in [0.717, 1.165) is 24.8 Å². The smallest absolute Gasteiger partial charge is 0.313 e. The molecular formula is C12H14O2. The molecule has 2 rings (SSSR count). The van der Waals surface area contributed by atoms with E-state index in [1.54, 1.807) is 0 Å². The van der Waals surface area contributed by atoms with E-state index in [0.29, 0.717) is 0 Å². The second-order valence-corrected chi connectivity index (χ2v) is 4.15. The number of carbonyl (C=O) groups is 1. The minimum Gasteiger partial charge on any atom is -0.481 e. The Morgan fingerprint density at radius 1 is 1.43 bits per heavy atom. The van der Waals surface area contributed by atoms with Gasteiger partial charge in [0.1, 0.15) is 0 Å². The lowest BCUT2D eigenvalue weighted by molar-refractivity contribution is -0.143. The van der Waals surface area contributed by atoms with Crippen LogP contribution in [-0.2, 0) is 16.6 Å². The number of benzene rings is 1. The first-order valence-electron chi connectivity index (χ1n) is 4.96. The Morgan fingerprint density at radius 2 is 2.14 bits per heavy atom. The molecule has 0 saturated carbocycles. The zero-order chi connectivity index (χ0) is 10.2. The number of fused-ring (bicyclic) bond motifs is 1. The number of hydrogen-bond acceptors (Lipinski definition) is 1. The van der Waals surface area contributed by atoms with Crippen molar-refractivity contribution in [3.63, 3.8) is 0 Å². The van der Waals surface area contributed by atoms with E-state index in [4.69, 9.17) is 0 Å². The zero-order valence-corrected chi connectivity index (χ0v) is 8.29. The third-order valence-corrected chi connectivity index (χ3v) is 3.21. The lowest BCUT2D eigenvalue weighted by Crippen LogP contribution is -2.35. The van der Waals surface area contributed by atoms with Crippen LogP contribution >= 0.6 is 0 Å². The van der Waals surface area contributed by atoms with Gasteiger partial charge in [-0.25, -0.2) is 0 Å². The van der Waals surface area contributed by atoms with Crippen LogP contribution in [0.1, 0.15) is 30.9 Å². The summed E-state index contributed by atoms with van der Waals surface area (Å²) in [6.45, 7) is 1.83. The second-order valence-electron chi connectivity index (χ2n) is 4.15. The molecule has 1 aromatic carbocycles. The van der Waals surface area contributed by atoms with Crippen LogP contribution in [0.5, 0.6) is 0 Å². The van der Waals surface area contributed by atoms with Crippen molar-refractivity contribution in [1.82, 2.24) is 0 Å². The van der Waals surface area contributed by atoms with Gasteiger partial charge < -0.3 is 5.11 Å². The summed E-state index contributed by atoms with van der Waals surface area (Å²) in [5, 5.41) is 9.24. The van der Waals surface area contributed by atoms with Crippen molar-refractivity contribution in [2.45, 2.75) is 31.6 Å². The highest BCUT2D eigenvalue weighted by Gasteiger charge is 2.38. The highest BCUT2D eigenvalue weighted by molar-refractivity contribution is 5.81. The van der Waals surface area contributed by atoms with E-state index in [1.165, 1.54) is 5.56 Å². The fourth-order valence-electron chi connectivity index (χ4n) is 2.27. The Bertz CT molecular complexity index is 370. The summed E-state index contributed by atoms with van der Waals surface area (Å²) < 4.78 is 0. The van der Waals surface area contributed by atoms with Gasteiger partial charge in [0, 0.05) is 0 Å². The van der Waals surface area contributed by atoms with Crippen LogP contribution in [0.15, 0.2) is 24.3 Å². The van der Waals surface area contributed by atoms with Gasteiger partial charge in [-0.2, -0.15) is 0 Å².